The molecule has 0 bridgehead atoms. The highest BCUT2D eigenvalue weighted by Gasteiger charge is 2.16. The van der Waals surface area contributed by atoms with Crippen LogP contribution in [0.5, 0.6) is 0 Å². The molecule has 7 heteroatoms. The van der Waals surface area contributed by atoms with Gasteiger partial charge in [0, 0.05) is 22.5 Å². The van der Waals surface area contributed by atoms with Crippen LogP contribution in [0.1, 0.15) is 42.7 Å². The Morgan fingerprint density at radius 2 is 1.82 bits per heavy atom. The first-order valence-corrected chi connectivity index (χ1v) is 9.50. The number of halogens is 1. The van der Waals surface area contributed by atoms with Crippen molar-refractivity contribution < 1.29 is 4.79 Å². The molecule has 0 saturated carbocycles. The molecule has 1 aromatic heterocycles. The minimum Gasteiger partial charge on any atom is -0.267 e. The Balaban J connectivity index is 1.97. The fraction of sp³-hybridized carbons (Fsp3) is 0.238. The fourth-order valence-corrected chi connectivity index (χ4v) is 3.14. The van der Waals surface area contributed by atoms with Crippen LogP contribution in [-0.2, 0) is 6.54 Å². The molecule has 0 radical (unpaired) electrons. The summed E-state index contributed by atoms with van der Waals surface area (Å²) in [5, 5.41) is 9.98. The molecule has 0 spiro atoms. The second-order valence-corrected chi connectivity index (χ2v) is 6.80. The highest BCUT2D eigenvalue weighted by molar-refractivity contribution is 6.34. The van der Waals surface area contributed by atoms with Crippen molar-refractivity contribution in [2.75, 3.05) is 0 Å². The van der Waals surface area contributed by atoms with E-state index in [1.165, 1.54) is 4.68 Å². The third-order valence-corrected chi connectivity index (χ3v) is 4.72. The molecule has 0 saturated heterocycles. The molecule has 28 heavy (non-hydrogen) atoms. The Morgan fingerprint density at radius 1 is 1.14 bits per heavy atom. The summed E-state index contributed by atoms with van der Waals surface area (Å²) in [5.41, 5.74) is 3.81. The first kappa shape index (κ1) is 19.8. The number of aryl methyl sites for hydroxylation is 1. The third-order valence-electron chi connectivity index (χ3n) is 4.40. The van der Waals surface area contributed by atoms with Gasteiger partial charge in [-0.15, -0.1) is 0 Å². The van der Waals surface area contributed by atoms with E-state index in [1.807, 2.05) is 25.1 Å². The van der Waals surface area contributed by atoms with Gasteiger partial charge in [-0.25, -0.2) is 10.1 Å². The lowest BCUT2D eigenvalue weighted by molar-refractivity contribution is 0.0949. The Kier molecular flexibility index (Phi) is 6.21. The first-order valence-electron chi connectivity index (χ1n) is 9.12. The van der Waals surface area contributed by atoms with E-state index in [1.54, 1.807) is 37.3 Å². The largest absolute Gasteiger partial charge is 0.292 e. The zero-order valence-electron chi connectivity index (χ0n) is 15.8. The Labute approximate surface area is 167 Å². The van der Waals surface area contributed by atoms with Crippen LogP contribution >= 0.6 is 11.6 Å². The minimum absolute atomic E-state index is 0.169. The number of aromatic nitrogens is 2. The Hall–Kier alpha value is -2.99. The van der Waals surface area contributed by atoms with Crippen LogP contribution < -0.4 is 11.0 Å². The predicted molar refractivity (Wildman–Crippen MR) is 112 cm³/mol. The number of unbranched alkanes of at least 4 members (excludes halogenated alkanes) is 1. The van der Waals surface area contributed by atoms with Crippen LogP contribution in [0.25, 0.3) is 10.8 Å². The number of benzene rings is 2. The van der Waals surface area contributed by atoms with E-state index >= 15 is 0 Å². The number of fused-ring (bicyclic) bond motifs is 1. The van der Waals surface area contributed by atoms with E-state index in [9.17, 15) is 9.59 Å². The van der Waals surface area contributed by atoms with E-state index in [-0.39, 0.29) is 11.3 Å². The van der Waals surface area contributed by atoms with Crippen molar-refractivity contribution in [2.45, 2.75) is 33.2 Å². The van der Waals surface area contributed by atoms with Crippen LogP contribution in [0.15, 0.2) is 58.4 Å². The normalized spacial score (nSPS) is 11.6. The zero-order chi connectivity index (χ0) is 20.1. The van der Waals surface area contributed by atoms with Crippen LogP contribution in [0.3, 0.4) is 0 Å². The number of amides is 1. The molecule has 0 aliphatic rings. The monoisotopic (exact) mass is 396 g/mol. The number of rotatable bonds is 6. The van der Waals surface area contributed by atoms with E-state index < -0.39 is 5.91 Å². The Morgan fingerprint density at radius 3 is 2.54 bits per heavy atom. The van der Waals surface area contributed by atoms with Crippen molar-refractivity contribution in [3.8, 4) is 0 Å². The second kappa shape index (κ2) is 8.80. The molecule has 0 aliphatic heterocycles. The summed E-state index contributed by atoms with van der Waals surface area (Å²) in [6.45, 7) is 4.25. The second-order valence-electron chi connectivity index (χ2n) is 6.39. The number of hydrazone groups is 1. The summed E-state index contributed by atoms with van der Waals surface area (Å²) >= 11 is 6.17. The molecule has 1 N–H and O–H groups in total. The average Bonchev–Trinajstić information content (AvgIpc) is 2.72. The van der Waals surface area contributed by atoms with Crippen molar-refractivity contribution in [3.05, 3.63) is 75.2 Å². The van der Waals surface area contributed by atoms with Crippen LogP contribution in [0, 0.1) is 0 Å². The number of carbonyl (C=O) groups excluding carboxylic acids is 1. The molecular formula is C21H21ClN4O2. The van der Waals surface area contributed by atoms with Gasteiger partial charge >= 0.3 is 0 Å². The van der Waals surface area contributed by atoms with Gasteiger partial charge in [0.05, 0.1) is 11.1 Å². The molecule has 0 atom stereocenters. The SMILES string of the molecule is CCCCn1nc(C(=O)N/N=C(/C)c2ccccc2Cl)c2ccccc2c1=O. The van der Waals surface area contributed by atoms with Gasteiger partial charge in [-0.05, 0) is 25.5 Å². The molecule has 0 aliphatic carbocycles. The number of nitrogens with zero attached hydrogens (tertiary/aromatic N) is 3. The van der Waals surface area contributed by atoms with Gasteiger partial charge in [0.25, 0.3) is 11.5 Å². The summed E-state index contributed by atoms with van der Waals surface area (Å²) in [6.07, 6.45) is 1.72. The summed E-state index contributed by atoms with van der Waals surface area (Å²) in [4.78, 5) is 25.4. The van der Waals surface area contributed by atoms with Gasteiger partial charge in [0.2, 0.25) is 0 Å². The number of nitrogens with one attached hydrogen (secondary N) is 1. The molecular weight excluding hydrogens is 376 g/mol. The first-order chi connectivity index (χ1) is 13.5. The van der Waals surface area contributed by atoms with Gasteiger partial charge < -0.3 is 0 Å². The minimum atomic E-state index is -0.479. The summed E-state index contributed by atoms with van der Waals surface area (Å²) in [5.74, 6) is -0.479. The van der Waals surface area contributed by atoms with Crippen molar-refractivity contribution >= 4 is 34.0 Å². The topological polar surface area (TPSA) is 76.3 Å². The quantitative estimate of drug-likeness (QED) is 0.505. The summed E-state index contributed by atoms with van der Waals surface area (Å²) in [7, 11) is 0. The number of hydrogen-bond acceptors (Lipinski definition) is 4. The molecule has 1 amide bonds. The molecule has 0 unspecified atom stereocenters. The smallest absolute Gasteiger partial charge is 0.267 e. The highest BCUT2D eigenvalue weighted by atomic mass is 35.5. The summed E-state index contributed by atoms with van der Waals surface area (Å²) in [6, 6.07) is 14.2. The van der Waals surface area contributed by atoms with Crippen molar-refractivity contribution in [1.29, 1.82) is 0 Å². The zero-order valence-corrected chi connectivity index (χ0v) is 16.5. The Bertz CT molecular complexity index is 1110. The standard InChI is InChI=1S/C21H21ClN4O2/c1-3-4-13-26-21(28)17-11-6-5-10-16(17)19(25-26)20(27)24-23-14(2)15-9-7-8-12-18(15)22/h5-12H,3-4,13H2,1-2H3,(H,24,27)/b23-14-. The van der Waals surface area contributed by atoms with E-state index in [0.717, 1.165) is 18.4 Å². The van der Waals surface area contributed by atoms with Gasteiger partial charge in [-0.1, -0.05) is 61.3 Å². The molecule has 144 valence electrons. The maximum Gasteiger partial charge on any atom is 0.292 e. The van der Waals surface area contributed by atoms with E-state index in [4.69, 9.17) is 11.6 Å². The lowest BCUT2D eigenvalue weighted by Gasteiger charge is -2.10. The van der Waals surface area contributed by atoms with Crippen LogP contribution in [-0.4, -0.2) is 21.4 Å². The number of hydrogen-bond donors (Lipinski definition) is 1. The van der Waals surface area contributed by atoms with Gasteiger partial charge in [0.1, 0.15) is 0 Å². The van der Waals surface area contributed by atoms with Crippen LogP contribution in [0.2, 0.25) is 5.02 Å². The predicted octanol–water partition coefficient (Wildman–Crippen LogP) is 4.00. The van der Waals surface area contributed by atoms with Gasteiger partial charge in [-0.3, -0.25) is 9.59 Å². The maximum absolute atomic E-state index is 12.8. The lowest BCUT2D eigenvalue weighted by atomic mass is 10.1. The highest BCUT2D eigenvalue weighted by Crippen LogP contribution is 2.16. The molecule has 1 heterocycles. The maximum atomic E-state index is 12.8. The van der Waals surface area contributed by atoms with Gasteiger partial charge in [-0.2, -0.15) is 10.2 Å². The fourth-order valence-electron chi connectivity index (χ4n) is 2.86. The molecule has 3 aromatic rings. The number of carbonyl (C=O) groups is 1. The molecule has 2 aromatic carbocycles. The van der Waals surface area contributed by atoms with Crippen molar-refractivity contribution in [2.24, 2.45) is 5.10 Å². The third kappa shape index (κ3) is 4.12. The van der Waals surface area contributed by atoms with Gasteiger partial charge in [0.15, 0.2) is 5.69 Å². The summed E-state index contributed by atoms with van der Waals surface area (Å²) < 4.78 is 1.35. The van der Waals surface area contributed by atoms with E-state index in [0.29, 0.717) is 28.1 Å². The van der Waals surface area contributed by atoms with Crippen molar-refractivity contribution in [1.82, 2.24) is 15.2 Å². The average molecular weight is 397 g/mol. The van der Waals surface area contributed by atoms with Crippen molar-refractivity contribution in [3.63, 3.8) is 0 Å². The molecule has 6 nitrogen and oxygen atoms in total. The van der Waals surface area contributed by atoms with E-state index in [2.05, 4.69) is 15.6 Å². The molecule has 3 rings (SSSR count). The lowest BCUT2D eigenvalue weighted by Crippen LogP contribution is -2.29. The molecule has 0 fully saturated rings. The van der Waals surface area contributed by atoms with Crippen LogP contribution in [0.4, 0.5) is 0 Å².